The molecule has 2 aromatic rings. The SMILES string of the molecule is COc1cc(NC(=O)c2cccc(F)c2Br)ccc1N. The quantitative estimate of drug-likeness (QED) is 0.842. The summed E-state index contributed by atoms with van der Waals surface area (Å²) in [5.74, 6) is -0.461. The van der Waals surface area contributed by atoms with E-state index in [1.54, 1.807) is 18.2 Å². The average Bonchev–Trinajstić information content (AvgIpc) is 2.43. The van der Waals surface area contributed by atoms with Gasteiger partial charge in [-0.15, -0.1) is 0 Å². The number of methoxy groups -OCH3 is 1. The first-order valence-electron chi connectivity index (χ1n) is 5.72. The Bertz CT molecular complexity index is 662. The number of rotatable bonds is 3. The van der Waals surface area contributed by atoms with Crippen LogP contribution < -0.4 is 15.8 Å². The normalized spacial score (nSPS) is 10.2. The van der Waals surface area contributed by atoms with Crippen molar-refractivity contribution in [1.82, 2.24) is 0 Å². The first-order valence-corrected chi connectivity index (χ1v) is 6.51. The first-order chi connectivity index (χ1) is 9.52. The lowest BCUT2D eigenvalue weighted by Crippen LogP contribution is -2.13. The number of carbonyl (C=O) groups excluding carboxylic acids is 1. The topological polar surface area (TPSA) is 64.3 Å². The van der Waals surface area contributed by atoms with Crippen LogP contribution in [-0.2, 0) is 0 Å². The molecule has 3 N–H and O–H groups in total. The highest BCUT2D eigenvalue weighted by Crippen LogP contribution is 2.26. The summed E-state index contributed by atoms with van der Waals surface area (Å²) in [4.78, 5) is 12.1. The molecule has 104 valence electrons. The Labute approximate surface area is 123 Å². The van der Waals surface area contributed by atoms with Crippen LogP contribution in [0.2, 0.25) is 0 Å². The standard InChI is InChI=1S/C14H12BrFN2O2/c1-20-12-7-8(5-6-11(12)17)18-14(19)9-3-2-4-10(16)13(9)15/h2-7H,17H2,1H3,(H,18,19). The van der Waals surface area contributed by atoms with Gasteiger partial charge in [0.2, 0.25) is 0 Å². The van der Waals surface area contributed by atoms with Crippen LogP contribution in [0.3, 0.4) is 0 Å². The fourth-order valence-corrected chi connectivity index (χ4v) is 2.11. The second kappa shape index (κ2) is 5.92. The third-order valence-corrected chi connectivity index (χ3v) is 3.49. The number of ether oxygens (including phenoxy) is 1. The molecule has 0 aliphatic carbocycles. The number of nitrogens with two attached hydrogens (primary N) is 1. The Kier molecular flexibility index (Phi) is 4.24. The maximum atomic E-state index is 13.4. The van der Waals surface area contributed by atoms with E-state index in [2.05, 4.69) is 21.2 Å². The molecule has 0 saturated heterocycles. The Balaban J connectivity index is 2.26. The lowest BCUT2D eigenvalue weighted by atomic mass is 10.2. The third kappa shape index (κ3) is 2.91. The number of carbonyl (C=O) groups is 1. The van der Waals surface area contributed by atoms with Crippen molar-refractivity contribution < 1.29 is 13.9 Å². The van der Waals surface area contributed by atoms with Crippen LogP contribution in [0.25, 0.3) is 0 Å². The number of hydrogen-bond acceptors (Lipinski definition) is 3. The molecule has 1 amide bonds. The van der Waals surface area contributed by atoms with Gasteiger partial charge in [-0.25, -0.2) is 4.39 Å². The number of amides is 1. The number of nitrogens with one attached hydrogen (secondary N) is 1. The number of nitrogen functional groups attached to an aromatic ring is 1. The molecule has 0 heterocycles. The summed E-state index contributed by atoms with van der Waals surface area (Å²) in [6, 6.07) is 9.13. The highest BCUT2D eigenvalue weighted by atomic mass is 79.9. The van der Waals surface area contributed by atoms with E-state index in [4.69, 9.17) is 10.5 Å². The Hall–Kier alpha value is -2.08. The highest BCUT2D eigenvalue weighted by Gasteiger charge is 2.13. The Morgan fingerprint density at radius 2 is 2.10 bits per heavy atom. The van der Waals surface area contributed by atoms with Crippen LogP contribution in [0.1, 0.15) is 10.4 Å². The number of benzene rings is 2. The molecule has 0 aliphatic heterocycles. The van der Waals surface area contributed by atoms with Crippen molar-refractivity contribution in [2.24, 2.45) is 0 Å². The summed E-state index contributed by atoms with van der Waals surface area (Å²) in [7, 11) is 1.49. The lowest BCUT2D eigenvalue weighted by molar-refractivity contribution is 0.102. The van der Waals surface area contributed by atoms with Crippen LogP contribution in [0.5, 0.6) is 5.75 Å². The summed E-state index contributed by atoms with van der Waals surface area (Å²) in [6.45, 7) is 0. The van der Waals surface area contributed by atoms with Crippen molar-refractivity contribution >= 4 is 33.2 Å². The van der Waals surface area contributed by atoms with Crippen molar-refractivity contribution in [3.05, 3.63) is 52.3 Å². The number of hydrogen-bond donors (Lipinski definition) is 2. The molecule has 0 radical (unpaired) electrons. The van der Waals surface area contributed by atoms with Gasteiger partial charge in [-0.05, 0) is 40.2 Å². The third-order valence-electron chi connectivity index (χ3n) is 2.69. The summed E-state index contributed by atoms with van der Waals surface area (Å²) in [5, 5.41) is 2.66. The van der Waals surface area contributed by atoms with Gasteiger partial charge in [-0.2, -0.15) is 0 Å². The van der Waals surface area contributed by atoms with Crippen molar-refractivity contribution in [3.63, 3.8) is 0 Å². The molecule has 0 atom stereocenters. The Morgan fingerprint density at radius 3 is 2.80 bits per heavy atom. The molecular weight excluding hydrogens is 327 g/mol. The maximum absolute atomic E-state index is 13.4. The zero-order valence-corrected chi connectivity index (χ0v) is 12.2. The highest BCUT2D eigenvalue weighted by molar-refractivity contribution is 9.10. The zero-order chi connectivity index (χ0) is 14.7. The molecule has 0 unspecified atom stereocenters. The molecule has 4 nitrogen and oxygen atoms in total. The summed E-state index contributed by atoms with van der Waals surface area (Å²) < 4.78 is 18.6. The predicted molar refractivity (Wildman–Crippen MR) is 79.5 cm³/mol. The van der Waals surface area contributed by atoms with Gasteiger partial charge in [0.25, 0.3) is 5.91 Å². The van der Waals surface area contributed by atoms with E-state index in [-0.39, 0.29) is 10.0 Å². The molecule has 0 aliphatic rings. The fraction of sp³-hybridized carbons (Fsp3) is 0.0714. The minimum atomic E-state index is -0.493. The second-order valence-electron chi connectivity index (χ2n) is 4.01. The molecule has 6 heteroatoms. The minimum absolute atomic E-state index is 0.125. The van der Waals surface area contributed by atoms with Gasteiger partial charge in [0, 0.05) is 11.8 Å². The molecule has 0 aromatic heterocycles. The molecule has 2 rings (SSSR count). The van der Waals surface area contributed by atoms with Gasteiger partial charge in [-0.3, -0.25) is 4.79 Å². The minimum Gasteiger partial charge on any atom is -0.495 e. The van der Waals surface area contributed by atoms with Gasteiger partial charge < -0.3 is 15.8 Å². The van der Waals surface area contributed by atoms with Crippen LogP contribution >= 0.6 is 15.9 Å². The molecule has 0 saturated carbocycles. The van der Waals surface area contributed by atoms with E-state index >= 15 is 0 Å². The van der Waals surface area contributed by atoms with Crippen LogP contribution in [0, 0.1) is 5.82 Å². The second-order valence-corrected chi connectivity index (χ2v) is 4.81. The van der Waals surface area contributed by atoms with Gasteiger partial charge in [-0.1, -0.05) is 6.07 Å². The van der Waals surface area contributed by atoms with E-state index < -0.39 is 11.7 Å². The number of anilines is 2. The first kappa shape index (κ1) is 14.3. The largest absolute Gasteiger partial charge is 0.495 e. The Morgan fingerprint density at radius 1 is 1.35 bits per heavy atom. The van der Waals surface area contributed by atoms with E-state index in [0.29, 0.717) is 17.1 Å². The van der Waals surface area contributed by atoms with Gasteiger partial charge >= 0.3 is 0 Å². The number of halogens is 2. The molecule has 0 spiro atoms. The van der Waals surface area contributed by atoms with Crippen molar-refractivity contribution in [1.29, 1.82) is 0 Å². The maximum Gasteiger partial charge on any atom is 0.256 e. The molecule has 0 bridgehead atoms. The van der Waals surface area contributed by atoms with Gasteiger partial charge in [0.15, 0.2) is 0 Å². The van der Waals surface area contributed by atoms with Crippen LogP contribution in [0.4, 0.5) is 15.8 Å². The van der Waals surface area contributed by atoms with Crippen molar-refractivity contribution in [3.8, 4) is 5.75 Å². The molecule has 20 heavy (non-hydrogen) atoms. The summed E-state index contributed by atoms with van der Waals surface area (Å²) in [5.41, 5.74) is 6.88. The predicted octanol–water partition coefficient (Wildman–Crippen LogP) is 3.43. The van der Waals surface area contributed by atoms with Crippen LogP contribution in [-0.4, -0.2) is 13.0 Å². The molecule has 2 aromatic carbocycles. The average molecular weight is 339 g/mol. The van der Waals surface area contributed by atoms with Gasteiger partial charge in [0.05, 0.1) is 22.8 Å². The van der Waals surface area contributed by atoms with E-state index in [1.165, 1.54) is 25.3 Å². The monoisotopic (exact) mass is 338 g/mol. The van der Waals surface area contributed by atoms with E-state index in [0.717, 1.165) is 0 Å². The molecule has 0 fully saturated rings. The van der Waals surface area contributed by atoms with E-state index in [1.807, 2.05) is 0 Å². The summed E-state index contributed by atoms with van der Waals surface area (Å²) in [6.07, 6.45) is 0. The fourth-order valence-electron chi connectivity index (χ4n) is 1.67. The van der Waals surface area contributed by atoms with Crippen molar-refractivity contribution in [2.45, 2.75) is 0 Å². The molecular formula is C14H12BrFN2O2. The summed E-state index contributed by atoms with van der Waals surface area (Å²) >= 11 is 3.05. The van der Waals surface area contributed by atoms with Gasteiger partial charge in [0.1, 0.15) is 11.6 Å². The van der Waals surface area contributed by atoms with E-state index in [9.17, 15) is 9.18 Å². The smallest absolute Gasteiger partial charge is 0.256 e. The lowest BCUT2D eigenvalue weighted by Gasteiger charge is -2.10. The zero-order valence-electron chi connectivity index (χ0n) is 10.6. The van der Waals surface area contributed by atoms with Crippen LogP contribution in [0.15, 0.2) is 40.9 Å². The van der Waals surface area contributed by atoms with Crippen molar-refractivity contribution in [2.75, 3.05) is 18.2 Å².